The van der Waals surface area contributed by atoms with Gasteiger partial charge in [-0.1, -0.05) is 6.42 Å². The van der Waals surface area contributed by atoms with Crippen molar-refractivity contribution in [3.63, 3.8) is 0 Å². The molecule has 0 aromatic rings. The van der Waals surface area contributed by atoms with E-state index in [9.17, 15) is 5.11 Å². The van der Waals surface area contributed by atoms with Gasteiger partial charge < -0.3 is 15.2 Å². The highest BCUT2D eigenvalue weighted by atomic mass is 32.2. The molecule has 4 heteroatoms. The summed E-state index contributed by atoms with van der Waals surface area (Å²) in [6.07, 6.45) is 8.09. The van der Waals surface area contributed by atoms with Gasteiger partial charge in [-0.2, -0.15) is 11.8 Å². The minimum atomic E-state index is -0.0626. The van der Waals surface area contributed by atoms with E-state index in [-0.39, 0.29) is 11.7 Å². The van der Waals surface area contributed by atoms with Crippen LogP contribution in [-0.2, 0) is 4.74 Å². The SMILES string of the molecule is OC1CCCC1CNC1CCOC2(CCSCC2)C1. The van der Waals surface area contributed by atoms with Gasteiger partial charge in [-0.05, 0) is 55.9 Å². The Morgan fingerprint density at radius 3 is 2.79 bits per heavy atom. The summed E-state index contributed by atoms with van der Waals surface area (Å²) < 4.78 is 6.13. The third-order valence-corrected chi connectivity index (χ3v) is 6.17. The molecule has 3 nitrogen and oxygen atoms in total. The molecular weight excluding hydrogens is 258 g/mol. The Labute approximate surface area is 120 Å². The smallest absolute Gasteiger partial charge is 0.0713 e. The van der Waals surface area contributed by atoms with Crippen LogP contribution in [0, 0.1) is 5.92 Å². The molecule has 3 atom stereocenters. The Morgan fingerprint density at radius 1 is 1.21 bits per heavy atom. The zero-order valence-electron chi connectivity index (χ0n) is 11.8. The molecule has 2 saturated heterocycles. The average molecular weight is 285 g/mol. The van der Waals surface area contributed by atoms with Gasteiger partial charge in [0.25, 0.3) is 0 Å². The van der Waals surface area contributed by atoms with E-state index in [1.54, 1.807) is 0 Å². The zero-order chi connectivity index (χ0) is 13.1. The molecule has 1 saturated carbocycles. The van der Waals surface area contributed by atoms with Crippen molar-refractivity contribution in [2.24, 2.45) is 5.92 Å². The maximum Gasteiger partial charge on any atom is 0.0713 e. The molecule has 0 bridgehead atoms. The van der Waals surface area contributed by atoms with Gasteiger partial charge in [-0.25, -0.2) is 0 Å². The molecule has 3 rings (SSSR count). The molecule has 2 aliphatic heterocycles. The lowest BCUT2D eigenvalue weighted by Crippen LogP contribution is -2.49. The molecule has 0 radical (unpaired) electrons. The monoisotopic (exact) mass is 285 g/mol. The molecule has 0 aromatic carbocycles. The average Bonchev–Trinajstić information content (AvgIpc) is 2.83. The third kappa shape index (κ3) is 3.46. The first-order chi connectivity index (χ1) is 9.27. The molecule has 3 aliphatic rings. The normalized spacial score (nSPS) is 38.7. The lowest BCUT2D eigenvalue weighted by atomic mass is 9.85. The number of ether oxygens (including phenoxy) is 1. The van der Waals surface area contributed by atoms with E-state index < -0.39 is 0 Å². The quantitative estimate of drug-likeness (QED) is 0.834. The Bertz CT molecular complexity index is 288. The number of nitrogens with one attached hydrogen (secondary N) is 1. The second kappa shape index (κ2) is 6.33. The Hall–Kier alpha value is 0.230. The minimum absolute atomic E-state index is 0.0626. The fourth-order valence-corrected chi connectivity index (χ4v) is 5.10. The molecule has 0 aromatic heterocycles. The van der Waals surface area contributed by atoms with Gasteiger partial charge in [0, 0.05) is 19.2 Å². The maximum absolute atomic E-state index is 9.89. The Kier molecular flexibility index (Phi) is 4.73. The van der Waals surface area contributed by atoms with Gasteiger partial charge >= 0.3 is 0 Å². The van der Waals surface area contributed by atoms with Crippen LogP contribution in [0.15, 0.2) is 0 Å². The van der Waals surface area contributed by atoms with Crippen LogP contribution in [0.25, 0.3) is 0 Å². The van der Waals surface area contributed by atoms with Gasteiger partial charge in [0.05, 0.1) is 11.7 Å². The summed E-state index contributed by atoms with van der Waals surface area (Å²) in [6, 6.07) is 0.602. The molecule has 19 heavy (non-hydrogen) atoms. The molecule has 1 spiro atoms. The minimum Gasteiger partial charge on any atom is -0.393 e. The summed E-state index contributed by atoms with van der Waals surface area (Å²) in [5.74, 6) is 3.00. The highest BCUT2D eigenvalue weighted by Gasteiger charge is 2.39. The summed E-state index contributed by atoms with van der Waals surface area (Å²) >= 11 is 2.06. The van der Waals surface area contributed by atoms with Crippen LogP contribution >= 0.6 is 11.8 Å². The molecule has 0 amide bonds. The van der Waals surface area contributed by atoms with Crippen LogP contribution in [0.5, 0.6) is 0 Å². The van der Waals surface area contributed by atoms with E-state index in [2.05, 4.69) is 17.1 Å². The van der Waals surface area contributed by atoms with E-state index in [1.807, 2.05) is 0 Å². The van der Waals surface area contributed by atoms with Crippen LogP contribution in [-0.4, -0.2) is 47.5 Å². The first-order valence-corrected chi connectivity index (χ1v) is 9.06. The van der Waals surface area contributed by atoms with Crippen LogP contribution in [0.3, 0.4) is 0 Å². The second-order valence-electron chi connectivity index (χ2n) is 6.50. The van der Waals surface area contributed by atoms with Crippen LogP contribution in [0.2, 0.25) is 0 Å². The van der Waals surface area contributed by atoms with E-state index in [4.69, 9.17) is 4.74 Å². The van der Waals surface area contributed by atoms with E-state index in [0.29, 0.717) is 12.0 Å². The predicted molar refractivity (Wildman–Crippen MR) is 79.6 cm³/mol. The van der Waals surface area contributed by atoms with Crippen molar-refractivity contribution in [2.45, 2.75) is 62.7 Å². The molecule has 3 fully saturated rings. The Balaban J connectivity index is 1.48. The van der Waals surface area contributed by atoms with Gasteiger partial charge in [-0.15, -0.1) is 0 Å². The van der Waals surface area contributed by atoms with Crippen molar-refractivity contribution in [1.29, 1.82) is 0 Å². The topological polar surface area (TPSA) is 41.5 Å². The summed E-state index contributed by atoms with van der Waals surface area (Å²) in [5.41, 5.74) is 0.176. The number of rotatable bonds is 3. The molecule has 2 N–H and O–H groups in total. The zero-order valence-corrected chi connectivity index (χ0v) is 12.6. The van der Waals surface area contributed by atoms with Gasteiger partial charge in [0.15, 0.2) is 0 Å². The summed E-state index contributed by atoms with van der Waals surface area (Å²) in [6.45, 7) is 1.91. The summed E-state index contributed by atoms with van der Waals surface area (Å²) in [5, 5.41) is 13.6. The van der Waals surface area contributed by atoms with Crippen molar-refractivity contribution < 1.29 is 9.84 Å². The highest BCUT2D eigenvalue weighted by molar-refractivity contribution is 7.99. The van der Waals surface area contributed by atoms with Crippen LogP contribution in [0.4, 0.5) is 0 Å². The molecule has 1 aliphatic carbocycles. The number of aliphatic hydroxyl groups is 1. The largest absolute Gasteiger partial charge is 0.393 e. The van der Waals surface area contributed by atoms with Crippen molar-refractivity contribution in [2.75, 3.05) is 24.7 Å². The fraction of sp³-hybridized carbons (Fsp3) is 1.00. The fourth-order valence-electron chi connectivity index (χ4n) is 3.87. The third-order valence-electron chi connectivity index (χ3n) is 5.18. The summed E-state index contributed by atoms with van der Waals surface area (Å²) in [4.78, 5) is 0. The van der Waals surface area contributed by atoms with Gasteiger partial charge in [0.1, 0.15) is 0 Å². The van der Waals surface area contributed by atoms with Crippen molar-refractivity contribution >= 4 is 11.8 Å². The number of hydrogen-bond donors (Lipinski definition) is 2. The van der Waals surface area contributed by atoms with E-state index in [1.165, 1.54) is 43.6 Å². The first-order valence-electron chi connectivity index (χ1n) is 7.91. The number of aliphatic hydroxyl groups excluding tert-OH is 1. The lowest BCUT2D eigenvalue weighted by Gasteiger charge is -2.43. The van der Waals surface area contributed by atoms with Crippen LogP contribution in [0.1, 0.15) is 44.9 Å². The highest BCUT2D eigenvalue weighted by Crippen LogP contribution is 2.37. The van der Waals surface area contributed by atoms with Crippen molar-refractivity contribution in [1.82, 2.24) is 5.32 Å². The van der Waals surface area contributed by atoms with Gasteiger partial charge in [0.2, 0.25) is 0 Å². The molecule has 110 valence electrons. The predicted octanol–water partition coefficient (Wildman–Crippen LogP) is 2.18. The van der Waals surface area contributed by atoms with Gasteiger partial charge in [-0.3, -0.25) is 0 Å². The van der Waals surface area contributed by atoms with Crippen molar-refractivity contribution in [3.05, 3.63) is 0 Å². The second-order valence-corrected chi connectivity index (χ2v) is 7.72. The lowest BCUT2D eigenvalue weighted by molar-refractivity contribution is -0.0936. The summed E-state index contributed by atoms with van der Waals surface area (Å²) in [7, 11) is 0. The molecule has 2 heterocycles. The Morgan fingerprint density at radius 2 is 2.05 bits per heavy atom. The van der Waals surface area contributed by atoms with Crippen LogP contribution < -0.4 is 5.32 Å². The first kappa shape index (κ1) is 14.2. The molecular formula is C15H27NO2S. The van der Waals surface area contributed by atoms with E-state index >= 15 is 0 Å². The van der Waals surface area contributed by atoms with Crippen molar-refractivity contribution in [3.8, 4) is 0 Å². The molecule has 3 unspecified atom stereocenters. The number of thioether (sulfide) groups is 1. The number of hydrogen-bond acceptors (Lipinski definition) is 4. The van der Waals surface area contributed by atoms with E-state index in [0.717, 1.165) is 26.0 Å². The standard InChI is InChI=1S/C15H27NO2S/c17-14-3-1-2-12(14)11-16-13-4-7-18-15(10-13)5-8-19-9-6-15/h12-14,16-17H,1-11H2. The maximum atomic E-state index is 9.89.